The molecule has 2 saturated heterocycles. The molecule has 3 unspecified atom stereocenters. The van der Waals surface area contributed by atoms with E-state index in [0.717, 1.165) is 50.2 Å². The molecule has 3 heterocycles. The van der Waals surface area contributed by atoms with Crippen LogP contribution in [0.15, 0.2) is 4.52 Å². The van der Waals surface area contributed by atoms with Crippen LogP contribution >= 0.6 is 0 Å². The van der Waals surface area contributed by atoms with Crippen LogP contribution in [-0.2, 0) is 0 Å². The smallest absolute Gasteiger partial charge is 0.243 e. The topological polar surface area (TPSA) is 57.4 Å². The molecule has 0 aromatic carbocycles. The average Bonchev–Trinajstić information content (AvgIpc) is 2.87. The maximum atomic E-state index is 5.56. The van der Waals surface area contributed by atoms with Crippen molar-refractivity contribution in [2.45, 2.75) is 38.3 Å². The number of nitrogens with zero attached hydrogens (tertiary/aromatic N) is 4. The molecule has 0 aliphatic carbocycles. The van der Waals surface area contributed by atoms with Gasteiger partial charge in [-0.3, -0.25) is 4.90 Å². The van der Waals surface area contributed by atoms with Crippen LogP contribution < -0.4 is 5.32 Å². The van der Waals surface area contributed by atoms with Crippen molar-refractivity contribution >= 4 is 0 Å². The maximum absolute atomic E-state index is 5.56. The van der Waals surface area contributed by atoms with Crippen molar-refractivity contribution in [2.24, 2.45) is 5.92 Å². The maximum Gasteiger partial charge on any atom is 0.243 e. The van der Waals surface area contributed by atoms with Gasteiger partial charge in [-0.15, -0.1) is 0 Å². The highest BCUT2D eigenvalue weighted by atomic mass is 16.5. The quantitative estimate of drug-likeness (QED) is 0.890. The van der Waals surface area contributed by atoms with Gasteiger partial charge in [-0.05, 0) is 58.9 Å². The van der Waals surface area contributed by atoms with Crippen LogP contribution in [0.5, 0.6) is 0 Å². The van der Waals surface area contributed by atoms with E-state index < -0.39 is 0 Å². The summed E-state index contributed by atoms with van der Waals surface area (Å²) in [7, 11) is 4.32. The summed E-state index contributed by atoms with van der Waals surface area (Å²) in [5.74, 6) is 2.32. The second kappa shape index (κ2) is 6.42. The number of rotatable bonds is 2. The molecule has 0 spiro atoms. The molecule has 1 aromatic heterocycles. The fourth-order valence-corrected chi connectivity index (χ4v) is 3.37. The van der Waals surface area contributed by atoms with Gasteiger partial charge in [0.15, 0.2) is 5.82 Å². The lowest BCUT2D eigenvalue weighted by Crippen LogP contribution is -2.32. The molecular formula is C15H27N5O. The Labute approximate surface area is 126 Å². The van der Waals surface area contributed by atoms with Crippen LogP contribution in [0.1, 0.15) is 50.0 Å². The highest BCUT2D eigenvalue weighted by molar-refractivity contribution is 5.01. The predicted octanol–water partition coefficient (Wildman–Crippen LogP) is 1.44. The number of hydrogen-bond acceptors (Lipinski definition) is 6. The van der Waals surface area contributed by atoms with E-state index in [1.807, 2.05) is 0 Å². The van der Waals surface area contributed by atoms with Gasteiger partial charge in [0.2, 0.25) is 5.89 Å². The molecule has 1 aromatic rings. The molecule has 3 atom stereocenters. The number of hydrogen-bond donors (Lipinski definition) is 1. The number of likely N-dealkylation sites (N-methyl/N-ethyl adjacent to an activating group) is 2. The van der Waals surface area contributed by atoms with E-state index in [2.05, 4.69) is 41.3 Å². The Kier molecular flexibility index (Phi) is 4.57. The van der Waals surface area contributed by atoms with Crippen LogP contribution in [0.4, 0.5) is 0 Å². The summed E-state index contributed by atoms with van der Waals surface area (Å²) in [6.45, 7) is 6.50. The second-order valence-electron chi connectivity index (χ2n) is 6.74. The first-order valence-electron chi connectivity index (χ1n) is 8.09. The van der Waals surface area contributed by atoms with Gasteiger partial charge in [-0.25, -0.2) is 0 Å². The van der Waals surface area contributed by atoms with Crippen molar-refractivity contribution in [1.82, 2.24) is 25.3 Å². The molecule has 0 radical (unpaired) electrons. The lowest BCUT2D eigenvalue weighted by atomic mass is 9.94. The van der Waals surface area contributed by atoms with Crippen LogP contribution in [-0.4, -0.2) is 60.2 Å². The van der Waals surface area contributed by atoms with Gasteiger partial charge in [-0.1, -0.05) is 12.1 Å². The highest BCUT2D eigenvalue weighted by Crippen LogP contribution is 2.27. The van der Waals surface area contributed by atoms with Crippen LogP contribution in [0.2, 0.25) is 0 Å². The third-order valence-corrected chi connectivity index (χ3v) is 4.79. The molecule has 0 bridgehead atoms. The van der Waals surface area contributed by atoms with Crippen molar-refractivity contribution in [3.8, 4) is 0 Å². The molecule has 3 rings (SSSR count). The largest absolute Gasteiger partial charge is 0.338 e. The Hall–Kier alpha value is -0.980. The Morgan fingerprint density at radius 3 is 2.95 bits per heavy atom. The summed E-state index contributed by atoms with van der Waals surface area (Å²) >= 11 is 0. The van der Waals surface area contributed by atoms with E-state index in [-0.39, 0.29) is 12.1 Å². The third kappa shape index (κ3) is 3.44. The third-order valence-electron chi connectivity index (χ3n) is 4.79. The second-order valence-corrected chi connectivity index (χ2v) is 6.74. The zero-order valence-electron chi connectivity index (χ0n) is 13.4. The first-order chi connectivity index (χ1) is 10.1. The van der Waals surface area contributed by atoms with E-state index in [9.17, 15) is 0 Å². The minimum absolute atomic E-state index is 0.226. The van der Waals surface area contributed by atoms with E-state index in [0.29, 0.717) is 0 Å². The summed E-state index contributed by atoms with van der Waals surface area (Å²) in [6.07, 6.45) is 3.51. The Morgan fingerprint density at radius 2 is 2.14 bits per heavy atom. The van der Waals surface area contributed by atoms with Crippen molar-refractivity contribution in [3.05, 3.63) is 11.7 Å². The van der Waals surface area contributed by atoms with Gasteiger partial charge in [0.1, 0.15) is 0 Å². The van der Waals surface area contributed by atoms with Crippen molar-refractivity contribution in [2.75, 3.05) is 40.3 Å². The van der Waals surface area contributed by atoms with Crippen molar-refractivity contribution in [1.29, 1.82) is 0 Å². The molecule has 6 nitrogen and oxygen atoms in total. The first kappa shape index (κ1) is 14.9. The predicted molar refractivity (Wildman–Crippen MR) is 80.9 cm³/mol. The number of nitrogens with one attached hydrogen (secondary N) is 1. The molecule has 1 N–H and O–H groups in total. The minimum atomic E-state index is 0.226. The lowest BCUT2D eigenvalue weighted by molar-refractivity contribution is 0.213. The molecule has 2 fully saturated rings. The lowest BCUT2D eigenvalue weighted by Gasteiger charge is -2.25. The van der Waals surface area contributed by atoms with Gasteiger partial charge >= 0.3 is 0 Å². The summed E-state index contributed by atoms with van der Waals surface area (Å²) < 4.78 is 5.56. The number of aromatic nitrogens is 2. The zero-order valence-corrected chi connectivity index (χ0v) is 13.4. The molecule has 0 saturated carbocycles. The van der Waals surface area contributed by atoms with Crippen LogP contribution in [0.3, 0.4) is 0 Å². The average molecular weight is 293 g/mol. The normalized spacial score (nSPS) is 33.0. The van der Waals surface area contributed by atoms with Gasteiger partial charge in [0, 0.05) is 6.54 Å². The molecule has 6 heteroatoms. The van der Waals surface area contributed by atoms with Gasteiger partial charge in [-0.2, -0.15) is 4.98 Å². The molecule has 118 valence electrons. The van der Waals surface area contributed by atoms with E-state index in [1.165, 1.54) is 12.8 Å². The Balaban J connectivity index is 1.74. The molecule has 2 aliphatic heterocycles. The van der Waals surface area contributed by atoms with Crippen LogP contribution in [0, 0.1) is 5.92 Å². The fourth-order valence-electron chi connectivity index (χ4n) is 3.37. The van der Waals surface area contributed by atoms with Gasteiger partial charge in [0.25, 0.3) is 0 Å². The fraction of sp³-hybridized carbons (Fsp3) is 0.867. The molecule has 2 aliphatic rings. The SMILES string of the molecule is CC1CCNC(c2nc(C3CN(C)CCCN3C)no2)C1. The monoisotopic (exact) mass is 293 g/mol. The summed E-state index contributed by atoms with van der Waals surface area (Å²) in [4.78, 5) is 9.40. The molecule has 21 heavy (non-hydrogen) atoms. The Bertz CT molecular complexity index is 463. The highest BCUT2D eigenvalue weighted by Gasteiger charge is 2.29. The van der Waals surface area contributed by atoms with E-state index in [4.69, 9.17) is 9.51 Å². The summed E-state index contributed by atoms with van der Waals surface area (Å²) in [6, 6.07) is 0.458. The summed E-state index contributed by atoms with van der Waals surface area (Å²) in [5, 5.41) is 7.77. The number of piperidine rings is 1. The standard InChI is InChI=1S/C15H27N5O/c1-11-5-6-16-12(9-11)15-17-14(18-21-15)13-10-19(2)7-4-8-20(13)3/h11-13,16H,4-10H2,1-3H3. The first-order valence-corrected chi connectivity index (χ1v) is 8.09. The molecule has 0 amide bonds. The van der Waals surface area contributed by atoms with Gasteiger partial charge < -0.3 is 14.7 Å². The Morgan fingerprint density at radius 1 is 1.29 bits per heavy atom. The van der Waals surface area contributed by atoms with Gasteiger partial charge in [0.05, 0.1) is 12.1 Å². The van der Waals surface area contributed by atoms with Crippen molar-refractivity contribution < 1.29 is 4.52 Å². The van der Waals surface area contributed by atoms with E-state index >= 15 is 0 Å². The molecular weight excluding hydrogens is 266 g/mol. The van der Waals surface area contributed by atoms with Crippen molar-refractivity contribution in [3.63, 3.8) is 0 Å². The van der Waals surface area contributed by atoms with E-state index in [1.54, 1.807) is 0 Å². The van der Waals surface area contributed by atoms with Crippen LogP contribution in [0.25, 0.3) is 0 Å². The summed E-state index contributed by atoms with van der Waals surface area (Å²) in [5.41, 5.74) is 0. The zero-order chi connectivity index (χ0) is 14.8. The minimum Gasteiger partial charge on any atom is -0.338 e.